The van der Waals surface area contributed by atoms with Gasteiger partial charge in [-0.2, -0.15) is 0 Å². The topological polar surface area (TPSA) is 57.5 Å². The summed E-state index contributed by atoms with van der Waals surface area (Å²) in [6, 6.07) is 0. The quantitative estimate of drug-likeness (QED) is 0.654. The molecule has 0 aliphatic rings. The zero-order valence-corrected chi connectivity index (χ0v) is 6.00. The summed E-state index contributed by atoms with van der Waals surface area (Å²) in [6.45, 7) is 1.20. The number of carboxylic acid groups (broad SMARTS) is 1. The predicted molar refractivity (Wildman–Crippen MR) is 19.3 cm³/mol. The van der Waals surface area contributed by atoms with Gasteiger partial charge >= 0.3 is 5.97 Å². The first-order valence-electron chi connectivity index (χ1n) is 1.55. The molecule has 0 aromatic rings. The summed E-state index contributed by atoms with van der Waals surface area (Å²) < 4.78 is 0. The maximum atomic E-state index is 9.45. The molecule has 0 aliphatic carbocycles. The Balaban J connectivity index is 0. The van der Waals surface area contributed by atoms with Gasteiger partial charge in [0.1, 0.15) is 6.10 Å². The van der Waals surface area contributed by atoms with Crippen molar-refractivity contribution in [1.29, 1.82) is 0 Å². The Morgan fingerprint density at radius 1 is 1.71 bits per heavy atom. The third kappa shape index (κ3) is 6.75. The monoisotopic (exact) mass is 248 g/mol. The fraction of sp³-hybridized carbons (Fsp3) is 0.667. The molecule has 0 saturated heterocycles. The van der Waals surface area contributed by atoms with Gasteiger partial charge in [0.25, 0.3) is 0 Å². The Morgan fingerprint density at radius 3 is 1.86 bits per heavy atom. The molecule has 0 spiro atoms. The summed E-state index contributed by atoms with van der Waals surface area (Å²) in [6.07, 6.45) is -1.23. The molecule has 0 amide bonds. The molecule has 0 rings (SSSR count). The van der Waals surface area contributed by atoms with E-state index in [-0.39, 0.29) is 39.9 Å². The molecule has 4 heteroatoms. The molecule has 0 saturated carbocycles. The van der Waals surface area contributed by atoms with Gasteiger partial charge in [-0.3, -0.25) is 0 Å². The molecule has 0 aromatic heterocycles. The van der Waals surface area contributed by atoms with E-state index in [4.69, 9.17) is 10.2 Å². The van der Waals surface area contributed by atoms with Crippen molar-refractivity contribution in [2.24, 2.45) is 0 Å². The van der Waals surface area contributed by atoms with E-state index in [1.807, 2.05) is 0 Å². The van der Waals surface area contributed by atoms with E-state index in [2.05, 4.69) is 0 Å². The molecule has 0 fully saturated rings. The van der Waals surface area contributed by atoms with Crippen LogP contribution in [0.2, 0.25) is 0 Å². The van der Waals surface area contributed by atoms with Crippen molar-refractivity contribution >= 4 is 5.97 Å². The second-order valence-corrected chi connectivity index (χ2v) is 1.01. The first-order chi connectivity index (χ1) is 2.64. The van der Waals surface area contributed by atoms with E-state index < -0.39 is 12.1 Å². The van der Waals surface area contributed by atoms with E-state index >= 15 is 0 Å². The summed E-state index contributed by atoms with van der Waals surface area (Å²) in [5.74, 6) is -1.19. The molecular weight excluding hydrogens is 241 g/mol. The van der Waals surface area contributed by atoms with Crippen molar-refractivity contribution < 1.29 is 54.9 Å². The van der Waals surface area contributed by atoms with Gasteiger partial charge in [0.05, 0.1) is 0 Å². The minimum atomic E-state index is -1.23. The SMILES string of the molecule is CC(O)C(=O)O.[Gd]. The number of aliphatic carboxylic acids is 1. The standard InChI is InChI=1S/C3H6O3.Gd/c1-2(4)3(5)6;/h2,4H,1H3,(H,5,6);. The van der Waals surface area contributed by atoms with Gasteiger partial charge in [-0.25, -0.2) is 4.79 Å². The van der Waals surface area contributed by atoms with E-state index in [9.17, 15) is 4.79 Å². The number of carbonyl (C=O) groups is 1. The number of aliphatic hydroxyl groups excluding tert-OH is 1. The van der Waals surface area contributed by atoms with Crippen LogP contribution in [0.1, 0.15) is 6.92 Å². The van der Waals surface area contributed by atoms with E-state index in [1.165, 1.54) is 6.92 Å². The number of hydrogen-bond acceptors (Lipinski definition) is 2. The smallest absolute Gasteiger partial charge is 0.332 e. The Labute approximate surface area is 73.4 Å². The molecule has 44 valence electrons. The zero-order valence-electron chi connectivity index (χ0n) is 3.73. The number of aliphatic hydroxyl groups is 1. The Bertz CT molecular complexity index is 61.2. The average Bonchev–Trinajstić information content (AvgIpc) is 1.36. The molecule has 0 aliphatic heterocycles. The molecular formula is C3H6GdO3. The molecule has 1 unspecified atom stereocenters. The first-order valence-corrected chi connectivity index (χ1v) is 1.55. The third-order valence-electron chi connectivity index (χ3n) is 0.357. The Morgan fingerprint density at radius 2 is 1.86 bits per heavy atom. The van der Waals surface area contributed by atoms with Crippen molar-refractivity contribution in [3.05, 3.63) is 0 Å². The molecule has 0 aromatic carbocycles. The van der Waals surface area contributed by atoms with Gasteiger partial charge in [-0.15, -0.1) is 0 Å². The van der Waals surface area contributed by atoms with Gasteiger partial charge in [0.2, 0.25) is 0 Å². The van der Waals surface area contributed by atoms with Gasteiger partial charge in [0.15, 0.2) is 0 Å². The van der Waals surface area contributed by atoms with Gasteiger partial charge < -0.3 is 10.2 Å². The molecule has 2 N–H and O–H groups in total. The second-order valence-electron chi connectivity index (χ2n) is 1.01. The Hall–Kier alpha value is 0.755. The molecule has 7 heavy (non-hydrogen) atoms. The molecule has 0 heterocycles. The van der Waals surface area contributed by atoms with Crippen LogP contribution in [0, 0.1) is 39.9 Å². The van der Waals surface area contributed by atoms with Crippen LogP contribution < -0.4 is 0 Å². The van der Waals surface area contributed by atoms with Crippen LogP contribution in [0.15, 0.2) is 0 Å². The van der Waals surface area contributed by atoms with Gasteiger partial charge in [0, 0.05) is 39.9 Å². The first kappa shape index (κ1) is 10.7. The van der Waals surface area contributed by atoms with Crippen LogP contribution in [-0.2, 0) is 4.79 Å². The van der Waals surface area contributed by atoms with Crippen LogP contribution in [0.3, 0.4) is 0 Å². The minimum absolute atomic E-state index is 0. The number of rotatable bonds is 1. The average molecular weight is 247 g/mol. The van der Waals surface area contributed by atoms with Crippen molar-refractivity contribution in [2.75, 3.05) is 0 Å². The number of carboxylic acids is 1. The van der Waals surface area contributed by atoms with Crippen LogP contribution in [0.4, 0.5) is 0 Å². The molecule has 0 bridgehead atoms. The summed E-state index contributed by atoms with van der Waals surface area (Å²) in [5.41, 5.74) is 0. The van der Waals surface area contributed by atoms with Gasteiger partial charge in [-0.1, -0.05) is 0 Å². The minimum Gasteiger partial charge on any atom is -0.479 e. The van der Waals surface area contributed by atoms with Crippen molar-refractivity contribution in [1.82, 2.24) is 0 Å². The molecule has 0 radical (unpaired) electrons. The fourth-order valence-electron chi connectivity index (χ4n) is 0. The summed E-state index contributed by atoms with van der Waals surface area (Å²) in [4.78, 5) is 9.45. The van der Waals surface area contributed by atoms with Crippen molar-refractivity contribution in [3.63, 3.8) is 0 Å². The summed E-state index contributed by atoms with van der Waals surface area (Å²) >= 11 is 0. The maximum absolute atomic E-state index is 9.45. The summed E-state index contributed by atoms with van der Waals surface area (Å²) in [7, 11) is 0. The van der Waals surface area contributed by atoms with E-state index in [1.54, 1.807) is 0 Å². The van der Waals surface area contributed by atoms with Crippen LogP contribution in [0.5, 0.6) is 0 Å². The number of hydrogen-bond donors (Lipinski definition) is 2. The Kier molecular flexibility index (Phi) is 7.48. The van der Waals surface area contributed by atoms with Crippen molar-refractivity contribution in [2.45, 2.75) is 13.0 Å². The van der Waals surface area contributed by atoms with Gasteiger partial charge in [-0.05, 0) is 6.92 Å². The van der Waals surface area contributed by atoms with Crippen LogP contribution in [-0.4, -0.2) is 22.3 Å². The third-order valence-corrected chi connectivity index (χ3v) is 0.357. The zero-order chi connectivity index (χ0) is 5.15. The molecule has 1 atom stereocenters. The fourth-order valence-corrected chi connectivity index (χ4v) is 0. The van der Waals surface area contributed by atoms with Crippen LogP contribution in [0.25, 0.3) is 0 Å². The second kappa shape index (κ2) is 4.90. The van der Waals surface area contributed by atoms with E-state index in [0.29, 0.717) is 0 Å². The molecule has 3 nitrogen and oxygen atoms in total. The summed E-state index contributed by atoms with van der Waals surface area (Å²) in [5, 5.41) is 15.8. The maximum Gasteiger partial charge on any atom is 0.332 e. The largest absolute Gasteiger partial charge is 0.479 e. The van der Waals surface area contributed by atoms with Crippen molar-refractivity contribution in [3.8, 4) is 0 Å². The van der Waals surface area contributed by atoms with Crippen LogP contribution >= 0.6 is 0 Å². The predicted octanol–water partition coefficient (Wildman–Crippen LogP) is -0.548. The normalized spacial score (nSPS) is 11.7. The van der Waals surface area contributed by atoms with E-state index in [0.717, 1.165) is 0 Å².